The lowest BCUT2D eigenvalue weighted by molar-refractivity contribution is 0.632. The van der Waals surface area contributed by atoms with Crippen LogP contribution in [0.25, 0.3) is 0 Å². The molecule has 4 aromatic rings. The standard InChI is InChI=1S/C19H19ClN8/c1-27-8-7-22-16(27)12-28-11-14(10-23-28)24-19-25-15(17(20)18(21)26-19)9-13-5-3-2-4-6-13/h2-8,10-11H,9,12H2,1H3,(H3,21,24,25,26). The van der Waals surface area contributed by atoms with Gasteiger partial charge < -0.3 is 15.6 Å². The number of rotatable bonds is 6. The number of nitrogens with one attached hydrogen (secondary N) is 1. The molecule has 9 heteroatoms. The Morgan fingerprint density at radius 1 is 1.18 bits per heavy atom. The number of anilines is 3. The molecular formula is C19H19ClN8. The van der Waals surface area contributed by atoms with E-state index in [1.807, 2.05) is 54.3 Å². The van der Waals surface area contributed by atoms with Crippen LogP contribution >= 0.6 is 11.6 Å². The van der Waals surface area contributed by atoms with Crippen LogP contribution in [0.3, 0.4) is 0 Å². The Bertz CT molecular complexity index is 1090. The topological polar surface area (TPSA) is 99.5 Å². The zero-order valence-corrected chi connectivity index (χ0v) is 16.0. The van der Waals surface area contributed by atoms with E-state index in [0.717, 1.165) is 17.1 Å². The second-order valence-corrected chi connectivity index (χ2v) is 6.74. The highest BCUT2D eigenvalue weighted by Crippen LogP contribution is 2.25. The van der Waals surface area contributed by atoms with E-state index in [-0.39, 0.29) is 5.82 Å². The minimum Gasteiger partial charge on any atom is -0.382 e. The Morgan fingerprint density at radius 2 is 2.00 bits per heavy atom. The molecule has 1 aromatic carbocycles. The number of aromatic nitrogens is 6. The number of nitrogens with zero attached hydrogens (tertiary/aromatic N) is 6. The van der Waals surface area contributed by atoms with Crippen LogP contribution in [0, 0.1) is 0 Å². The van der Waals surface area contributed by atoms with Gasteiger partial charge in [0.1, 0.15) is 16.7 Å². The first-order valence-corrected chi connectivity index (χ1v) is 9.08. The van der Waals surface area contributed by atoms with Crippen molar-refractivity contribution in [2.75, 3.05) is 11.1 Å². The van der Waals surface area contributed by atoms with Crippen LogP contribution in [0.5, 0.6) is 0 Å². The van der Waals surface area contributed by atoms with Crippen molar-refractivity contribution in [1.82, 2.24) is 29.3 Å². The second kappa shape index (κ2) is 7.69. The molecule has 0 saturated carbocycles. The van der Waals surface area contributed by atoms with Crippen LogP contribution in [0.2, 0.25) is 5.02 Å². The molecule has 3 heterocycles. The fourth-order valence-electron chi connectivity index (χ4n) is 2.81. The maximum atomic E-state index is 6.31. The van der Waals surface area contributed by atoms with Gasteiger partial charge in [0.05, 0.1) is 24.1 Å². The molecule has 0 spiro atoms. The monoisotopic (exact) mass is 394 g/mol. The SMILES string of the molecule is Cn1ccnc1Cn1cc(Nc2nc(N)c(Cl)c(Cc3ccccc3)n2)cn1. The Hall–Kier alpha value is -3.39. The van der Waals surface area contributed by atoms with Crippen LogP contribution in [0.4, 0.5) is 17.5 Å². The summed E-state index contributed by atoms with van der Waals surface area (Å²) in [6, 6.07) is 9.95. The average Bonchev–Trinajstić information content (AvgIpc) is 3.29. The summed E-state index contributed by atoms with van der Waals surface area (Å²) in [6.45, 7) is 0.564. The lowest BCUT2D eigenvalue weighted by Crippen LogP contribution is -2.06. The molecule has 8 nitrogen and oxygen atoms in total. The average molecular weight is 395 g/mol. The predicted molar refractivity (Wildman–Crippen MR) is 109 cm³/mol. The third kappa shape index (κ3) is 3.96. The molecule has 0 bridgehead atoms. The fourth-order valence-corrected chi connectivity index (χ4v) is 2.96. The number of aryl methyl sites for hydroxylation is 1. The van der Waals surface area contributed by atoms with Gasteiger partial charge in [-0.25, -0.2) is 9.97 Å². The maximum absolute atomic E-state index is 6.31. The van der Waals surface area contributed by atoms with E-state index in [0.29, 0.717) is 29.6 Å². The molecule has 0 atom stereocenters. The lowest BCUT2D eigenvalue weighted by atomic mass is 10.1. The van der Waals surface area contributed by atoms with Gasteiger partial charge in [0.25, 0.3) is 0 Å². The first kappa shape index (κ1) is 18.0. The van der Waals surface area contributed by atoms with Gasteiger partial charge in [0, 0.05) is 32.1 Å². The maximum Gasteiger partial charge on any atom is 0.229 e. The van der Waals surface area contributed by atoms with Crippen molar-refractivity contribution in [3.8, 4) is 0 Å². The van der Waals surface area contributed by atoms with Crippen molar-refractivity contribution < 1.29 is 0 Å². The van der Waals surface area contributed by atoms with Gasteiger partial charge in [-0.3, -0.25) is 4.68 Å². The van der Waals surface area contributed by atoms with E-state index in [1.54, 1.807) is 17.1 Å². The molecular weight excluding hydrogens is 376 g/mol. The van der Waals surface area contributed by atoms with Crippen molar-refractivity contribution in [1.29, 1.82) is 0 Å². The van der Waals surface area contributed by atoms with Crippen molar-refractivity contribution in [2.45, 2.75) is 13.0 Å². The van der Waals surface area contributed by atoms with Gasteiger partial charge in [-0.2, -0.15) is 10.1 Å². The van der Waals surface area contributed by atoms with Gasteiger partial charge in [0.2, 0.25) is 5.95 Å². The summed E-state index contributed by atoms with van der Waals surface area (Å²) < 4.78 is 3.74. The lowest BCUT2D eigenvalue weighted by Gasteiger charge is -2.09. The minimum absolute atomic E-state index is 0.241. The van der Waals surface area contributed by atoms with E-state index in [1.165, 1.54) is 0 Å². The molecule has 0 aliphatic carbocycles. The molecule has 142 valence electrons. The molecule has 0 fully saturated rings. The van der Waals surface area contributed by atoms with Gasteiger partial charge in [-0.05, 0) is 5.56 Å². The molecule has 3 aromatic heterocycles. The highest BCUT2D eigenvalue weighted by Gasteiger charge is 2.12. The molecule has 0 radical (unpaired) electrons. The summed E-state index contributed by atoms with van der Waals surface area (Å²) in [5.74, 6) is 1.53. The first-order chi connectivity index (χ1) is 13.6. The van der Waals surface area contributed by atoms with Gasteiger partial charge in [-0.15, -0.1) is 0 Å². The summed E-state index contributed by atoms with van der Waals surface area (Å²) in [6.07, 6.45) is 7.79. The third-order valence-corrected chi connectivity index (χ3v) is 4.69. The summed E-state index contributed by atoms with van der Waals surface area (Å²) in [7, 11) is 1.95. The van der Waals surface area contributed by atoms with Crippen LogP contribution < -0.4 is 11.1 Å². The van der Waals surface area contributed by atoms with Gasteiger partial charge in [0.15, 0.2) is 0 Å². The quantitative estimate of drug-likeness (QED) is 0.521. The number of hydrogen-bond acceptors (Lipinski definition) is 6. The number of halogens is 1. The zero-order valence-electron chi connectivity index (χ0n) is 15.2. The van der Waals surface area contributed by atoms with Crippen molar-refractivity contribution in [3.63, 3.8) is 0 Å². The van der Waals surface area contributed by atoms with Gasteiger partial charge >= 0.3 is 0 Å². The van der Waals surface area contributed by atoms with E-state index in [9.17, 15) is 0 Å². The molecule has 0 saturated heterocycles. The number of imidazole rings is 1. The Balaban J connectivity index is 1.53. The molecule has 3 N–H and O–H groups in total. The predicted octanol–water partition coefficient (Wildman–Crippen LogP) is 3.02. The summed E-state index contributed by atoms with van der Waals surface area (Å²) >= 11 is 6.31. The Labute approximate surface area is 167 Å². The highest BCUT2D eigenvalue weighted by molar-refractivity contribution is 6.33. The molecule has 28 heavy (non-hydrogen) atoms. The van der Waals surface area contributed by atoms with E-state index >= 15 is 0 Å². The van der Waals surface area contributed by atoms with Crippen molar-refractivity contribution in [3.05, 3.63) is 77.2 Å². The fraction of sp³-hybridized carbons (Fsp3) is 0.158. The number of benzene rings is 1. The summed E-state index contributed by atoms with van der Waals surface area (Å²) in [5, 5.41) is 7.86. The molecule has 0 amide bonds. The number of hydrogen-bond donors (Lipinski definition) is 2. The minimum atomic E-state index is 0.241. The number of nitrogen functional groups attached to an aromatic ring is 1. The second-order valence-electron chi connectivity index (χ2n) is 6.36. The van der Waals surface area contributed by atoms with Crippen LogP contribution in [0.15, 0.2) is 55.1 Å². The Morgan fingerprint density at radius 3 is 2.75 bits per heavy atom. The van der Waals surface area contributed by atoms with Gasteiger partial charge in [-0.1, -0.05) is 41.9 Å². The summed E-state index contributed by atoms with van der Waals surface area (Å²) in [4.78, 5) is 13.1. The van der Waals surface area contributed by atoms with E-state index in [2.05, 4.69) is 25.4 Å². The third-order valence-electron chi connectivity index (χ3n) is 4.27. The zero-order chi connectivity index (χ0) is 19.5. The van der Waals surface area contributed by atoms with E-state index in [4.69, 9.17) is 17.3 Å². The molecule has 0 aliphatic rings. The molecule has 0 unspecified atom stereocenters. The van der Waals surface area contributed by atoms with Crippen LogP contribution in [-0.2, 0) is 20.0 Å². The van der Waals surface area contributed by atoms with Crippen molar-refractivity contribution >= 4 is 29.1 Å². The van der Waals surface area contributed by atoms with Crippen LogP contribution in [-0.4, -0.2) is 29.3 Å². The number of nitrogens with two attached hydrogens (primary N) is 1. The normalized spacial score (nSPS) is 10.9. The van der Waals surface area contributed by atoms with Crippen molar-refractivity contribution in [2.24, 2.45) is 7.05 Å². The molecule has 4 rings (SSSR count). The summed E-state index contributed by atoms with van der Waals surface area (Å²) in [5.41, 5.74) is 8.50. The molecule has 0 aliphatic heterocycles. The first-order valence-electron chi connectivity index (χ1n) is 8.70. The smallest absolute Gasteiger partial charge is 0.229 e. The highest BCUT2D eigenvalue weighted by atomic mass is 35.5. The Kier molecular flexibility index (Phi) is 4.94. The largest absolute Gasteiger partial charge is 0.382 e. The van der Waals surface area contributed by atoms with Crippen LogP contribution in [0.1, 0.15) is 17.1 Å². The van der Waals surface area contributed by atoms with E-state index < -0.39 is 0 Å².